The summed E-state index contributed by atoms with van der Waals surface area (Å²) < 4.78 is 16.8. The van der Waals surface area contributed by atoms with Crippen molar-refractivity contribution < 1.29 is 19.0 Å². The number of hydrogen-bond acceptors (Lipinski definition) is 4. The highest BCUT2D eigenvalue weighted by Gasteiger charge is 2.26. The molecule has 138 valence electrons. The van der Waals surface area contributed by atoms with Crippen LogP contribution >= 0.6 is 0 Å². The molecule has 1 amide bonds. The van der Waals surface area contributed by atoms with Crippen LogP contribution in [0.15, 0.2) is 18.2 Å². The molecule has 5 nitrogen and oxygen atoms in total. The zero-order valence-corrected chi connectivity index (χ0v) is 15.1. The van der Waals surface area contributed by atoms with Gasteiger partial charge in [-0.05, 0) is 37.3 Å². The third-order valence-corrected chi connectivity index (χ3v) is 5.08. The van der Waals surface area contributed by atoms with Crippen molar-refractivity contribution in [3.8, 4) is 11.5 Å². The van der Waals surface area contributed by atoms with Crippen LogP contribution in [0.4, 0.5) is 0 Å². The molecule has 1 saturated carbocycles. The summed E-state index contributed by atoms with van der Waals surface area (Å²) in [7, 11) is 1.64. The topological polar surface area (TPSA) is 56.8 Å². The van der Waals surface area contributed by atoms with Crippen LogP contribution < -0.4 is 14.8 Å². The lowest BCUT2D eigenvalue weighted by Crippen LogP contribution is -2.38. The first-order valence-electron chi connectivity index (χ1n) is 9.45. The van der Waals surface area contributed by atoms with Crippen LogP contribution in [-0.2, 0) is 16.0 Å². The van der Waals surface area contributed by atoms with Crippen LogP contribution in [0.2, 0.25) is 0 Å². The van der Waals surface area contributed by atoms with Gasteiger partial charge >= 0.3 is 0 Å². The van der Waals surface area contributed by atoms with Crippen molar-refractivity contribution in [2.45, 2.75) is 51.0 Å². The maximum Gasteiger partial charge on any atom is 0.226 e. The number of carbonyl (C=O) groups excluding carboxylic acids is 1. The molecule has 0 radical (unpaired) electrons. The third-order valence-electron chi connectivity index (χ3n) is 5.08. The predicted octanol–water partition coefficient (Wildman–Crippen LogP) is 3.10. The molecule has 0 saturated heterocycles. The van der Waals surface area contributed by atoms with E-state index in [1.54, 1.807) is 7.11 Å². The van der Waals surface area contributed by atoms with E-state index in [0.29, 0.717) is 25.7 Å². The molecule has 2 aliphatic rings. The molecule has 25 heavy (non-hydrogen) atoms. The van der Waals surface area contributed by atoms with Crippen LogP contribution in [0.1, 0.15) is 44.1 Å². The van der Waals surface area contributed by atoms with Crippen molar-refractivity contribution >= 4 is 5.91 Å². The first-order valence-corrected chi connectivity index (χ1v) is 9.45. The Balaban J connectivity index is 1.35. The van der Waals surface area contributed by atoms with Gasteiger partial charge in [-0.1, -0.05) is 25.3 Å². The summed E-state index contributed by atoms with van der Waals surface area (Å²) >= 11 is 0. The second-order valence-corrected chi connectivity index (χ2v) is 6.96. The SMILES string of the molecule is COc1ccc2c(c1)OCC(C(=O)NCCCOC1CCCCC1)C2. The smallest absolute Gasteiger partial charge is 0.226 e. The van der Waals surface area contributed by atoms with Crippen molar-refractivity contribution in [2.24, 2.45) is 5.92 Å². The van der Waals surface area contributed by atoms with Gasteiger partial charge in [-0.2, -0.15) is 0 Å². The molecule has 1 N–H and O–H groups in total. The van der Waals surface area contributed by atoms with Gasteiger partial charge in [0.05, 0.1) is 19.1 Å². The predicted molar refractivity (Wildman–Crippen MR) is 96.1 cm³/mol. The molecule has 3 rings (SSSR count). The Kier molecular flexibility index (Phi) is 6.56. The Morgan fingerprint density at radius 1 is 1.28 bits per heavy atom. The number of carbonyl (C=O) groups is 1. The summed E-state index contributed by atoms with van der Waals surface area (Å²) in [4.78, 5) is 12.3. The zero-order chi connectivity index (χ0) is 17.5. The minimum absolute atomic E-state index is 0.0686. The monoisotopic (exact) mass is 347 g/mol. The Morgan fingerprint density at radius 2 is 2.12 bits per heavy atom. The van der Waals surface area contributed by atoms with E-state index in [0.717, 1.165) is 30.1 Å². The van der Waals surface area contributed by atoms with Gasteiger partial charge in [-0.3, -0.25) is 4.79 Å². The molecule has 1 fully saturated rings. The Labute approximate surface area is 150 Å². The molecule has 1 aromatic rings. The lowest BCUT2D eigenvalue weighted by Gasteiger charge is -2.25. The number of fused-ring (bicyclic) bond motifs is 1. The van der Waals surface area contributed by atoms with E-state index in [9.17, 15) is 4.79 Å². The van der Waals surface area contributed by atoms with Crippen molar-refractivity contribution in [1.82, 2.24) is 5.32 Å². The molecule has 1 unspecified atom stereocenters. The zero-order valence-electron chi connectivity index (χ0n) is 15.1. The number of benzene rings is 1. The maximum absolute atomic E-state index is 12.3. The van der Waals surface area contributed by atoms with E-state index < -0.39 is 0 Å². The van der Waals surface area contributed by atoms with E-state index in [4.69, 9.17) is 14.2 Å². The number of rotatable bonds is 7. The van der Waals surface area contributed by atoms with Crippen LogP contribution in [0.3, 0.4) is 0 Å². The van der Waals surface area contributed by atoms with Crippen LogP contribution in [-0.4, -0.2) is 38.9 Å². The molecular weight excluding hydrogens is 318 g/mol. The fraction of sp³-hybridized carbons (Fsp3) is 0.650. The molecule has 0 spiro atoms. The summed E-state index contributed by atoms with van der Waals surface area (Å²) in [5, 5.41) is 3.02. The minimum Gasteiger partial charge on any atom is -0.497 e. The lowest BCUT2D eigenvalue weighted by molar-refractivity contribution is -0.126. The van der Waals surface area contributed by atoms with E-state index in [1.807, 2.05) is 18.2 Å². The van der Waals surface area contributed by atoms with Gasteiger partial charge < -0.3 is 19.5 Å². The highest BCUT2D eigenvalue weighted by atomic mass is 16.5. The molecule has 1 aliphatic carbocycles. The second-order valence-electron chi connectivity index (χ2n) is 6.96. The molecule has 1 aromatic carbocycles. The normalized spacial score (nSPS) is 20.4. The summed E-state index contributed by atoms with van der Waals surface area (Å²) in [5.41, 5.74) is 1.06. The number of ether oxygens (including phenoxy) is 3. The van der Waals surface area contributed by atoms with Crippen LogP contribution in [0, 0.1) is 5.92 Å². The van der Waals surface area contributed by atoms with Gasteiger partial charge in [0.2, 0.25) is 5.91 Å². The minimum atomic E-state index is -0.125. The highest BCUT2D eigenvalue weighted by molar-refractivity contribution is 5.79. The first kappa shape index (κ1) is 18.1. The first-order chi connectivity index (χ1) is 12.3. The molecule has 1 aliphatic heterocycles. The summed E-state index contributed by atoms with van der Waals surface area (Å²) in [5.74, 6) is 1.54. The fourth-order valence-corrected chi connectivity index (χ4v) is 3.56. The molecule has 0 aromatic heterocycles. The van der Waals surface area contributed by atoms with E-state index in [2.05, 4.69) is 5.32 Å². The number of methoxy groups -OCH3 is 1. The van der Waals surface area contributed by atoms with E-state index in [-0.39, 0.29) is 11.8 Å². The van der Waals surface area contributed by atoms with Crippen LogP contribution in [0.25, 0.3) is 0 Å². The molecule has 0 bridgehead atoms. The number of hydrogen-bond donors (Lipinski definition) is 1. The largest absolute Gasteiger partial charge is 0.497 e. The third kappa shape index (κ3) is 5.11. The van der Waals surface area contributed by atoms with Crippen LogP contribution in [0.5, 0.6) is 11.5 Å². The number of nitrogens with one attached hydrogen (secondary N) is 1. The maximum atomic E-state index is 12.3. The van der Waals surface area contributed by atoms with Gasteiger partial charge in [-0.25, -0.2) is 0 Å². The molecule has 1 heterocycles. The standard InChI is InChI=1S/C20H29NO4/c1-23-18-9-8-15-12-16(14-25-19(15)13-18)20(22)21-10-5-11-24-17-6-3-2-4-7-17/h8-9,13,16-17H,2-7,10-12,14H2,1H3,(H,21,22). The summed E-state index contributed by atoms with van der Waals surface area (Å²) in [6, 6.07) is 5.77. The number of amides is 1. The quantitative estimate of drug-likeness (QED) is 0.770. The highest BCUT2D eigenvalue weighted by Crippen LogP contribution is 2.31. The Bertz CT molecular complexity index is 569. The summed E-state index contributed by atoms with van der Waals surface area (Å²) in [6.07, 6.45) is 8.31. The van der Waals surface area contributed by atoms with Gasteiger partial charge in [0.15, 0.2) is 0 Å². The van der Waals surface area contributed by atoms with Gasteiger partial charge in [0, 0.05) is 19.2 Å². The Morgan fingerprint density at radius 3 is 2.92 bits per heavy atom. The second kappa shape index (κ2) is 9.09. The van der Waals surface area contributed by atoms with Crippen molar-refractivity contribution in [3.05, 3.63) is 23.8 Å². The van der Waals surface area contributed by atoms with Gasteiger partial charge in [-0.15, -0.1) is 0 Å². The van der Waals surface area contributed by atoms with E-state index >= 15 is 0 Å². The lowest BCUT2D eigenvalue weighted by atomic mass is 9.96. The van der Waals surface area contributed by atoms with Gasteiger partial charge in [0.1, 0.15) is 18.1 Å². The summed E-state index contributed by atoms with van der Waals surface area (Å²) in [6.45, 7) is 1.82. The molecule has 5 heteroatoms. The van der Waals surface area contributed by atoms with Gasteiger partial charge in [0.25, 0.3) is 0 Å². The average Bonchev–Trinajstić information content (AvgIpc) is 2.67. The Hall–Kier alpha value is -1.75. The van der Waals surface area contributed by atoms with Crippen molar-refractivity contribution in [1.29, 1.82) is 0 Å². The van der Waals surface area contributed by atoms with Crippen molar-refractivity contribution in [3.63, 3.8) is 0 Å². The van der Waals surface area contributed by atoms with E-state index in [1.165, 1.54) is 32.1 Å². The fourth-order valence-electron chi connectivity index (χ4n) is 3.56. The molecule has 1 atom stereocenters. The average molecular weight is 347 g/mol. The molecular formula is C20H29NO4. The van der Waals surface area contributed by atoms with Crippen molar-refractivity contribution in [2.75, 3.05) is 26.9 Å².